The number of ether oxygens (including phenoxy) is 5. The molecule has 0 aliphatic heterocycles. The fourth-order valence-electron chi connectivity index (χ4n) is 3.34. The van der Waals surface area contributed by atoms with Crippen LogP contribution in [0.15, 0.2) is 36.4 Å². The third-order valence-corrected chi connectivity index (χ3v) is 4.87. The van der Waals surface area contributed by atoms with E-state index in [0.717, 1.165) is 11.1 Å². The zero-order valence-corrected chi connectivity index (χ0v) is 18.6. The first-order valence-corrected chi connectivity index (χ1v) is 9.76. The van der Waals surface area contributed by atoms with Gasteiger partial charge in [0.15, 0.2) is 23.0 Å². The van der Waals surface area contributed by atoms with E-state index in [1.165, 1.54) is 0 Å². The van der Waals surface area contributed by atoms with E-state index < -0.39 is 0 Å². The van der Waals surface area contributed by atoms with Crippen molar-refractivity contribution in [3.8, 4) is 23.0 Å². The first kappa shape index (κ1) is 23.3. The molecule has 0 fully saturated rings. The highest BCUT2D eigenvalue weighted by molar-refractivity contribution is 5.70. The molecule has 0 heterocycles. The van der Waals surface area contributed by atoms with Crippen molar-refractivity contribution in [2.75, 3.05) is 42.1 Å². The minimum Gasteiger partial charge on any atom is -0.493 e. The Hall–Kier alpha value is -2.93. The number of carbonyl (C=O) groups excluding carboxylic acids is 1. The Morgan fingerprint density at radius 1 is 0.867 bits per heavy atom. The summed E-state index contributed by atoms with van der Waals surface area (Å²) in [6.45, 7) is 2.74. The van der Waals surface area contributed by atoms with E-state index in [4.69, 9.17) is 23.7 Å². The maximum absolute atomic E-state index is 12.3. The Morgan fingerprint density at radius 2 is 1.43 bits per heavy atom. The third-order valence-electron chi connectivity index (χ3n) is 4.87. The van der Waals surface area contributed by atoms with Gasteiger partial charge in [0.2, 0.25) is 0 Å². The normalized spacial score (nSPS) is 11.7. The summed E-state index contributed by atoms with van der Waals surface area (Å²) in [6.07, 6.45) is 0.215. The molecule has 7 heteroatoms. The smallest absolute Gasteiger partial charge is 0.307 e. The lowest BCUT2D eigenvalue weighted by Gasteiger charge is -2.28. The van der Waals surface area contributed by atoms with Gasteiger partial charge in [-0.2, -0.15) is 0 Å². The van der Waals surface area contributed by atoms with Crippen LogP contribution < -0.4 is 18.9 Å². The van der Waals surface area contributed by atoms with E-state index >= 15 is 0 Å². The van der Waals surface area contributed by atoms with Gasteiger partial charge in [0, 0.05) is 12.6 Å². The average molecular weight is 418 g/mol. The second-order valence-electron chi connectivity index (χ2n) is 6.74. The minimum absolute atomic E-state index is 0.211. The van der Waals surface area contributed by atoms with Gasteiger partial charge in [0.1, 0.15) is 0 Å². The first-order chi connectivity index (χ1) is 14.5. The summed E-state index contributed by atoms with van der Waals surface area (Å²) in [5.41, 5.74) is 1.97. The van der Waals surface area contributed by atoms with Gasteiger partial charge in [-0.25, -0.2) is 0 Å². The molecule has 164 valence electrons. The van der Waals surface area contributed by atoms with Crippen LogP contribution in [0.5, 0.6) is 23.0 Å². The Bertz CT molecular complexity index is 838. The van der Waals surface area contributed by atoms with Gasteiger partial charge in [0.05, 0.1) is 41.5 Å². The summed E-state index contributed by atoms with van der Waals surface area (Å²) in [6, 6.07) is 11.3. The van der Waals surface area contributed by atoms with Gasteiger partial charge in [-0.05, 0) is 49.4 Å². The van der Waals surface area contributed by atoms with Crippen molar-refractivity contribution in [3.63, 3.8) is 0 Å². The monoisotopic (exact) mass is 417 g/mol. The Labute approximate surface area is 178 Å². The number of rotatable bonds is 11. The number of benzene rings is 2. The molecule has 0 amide bonds. The van der Waals surface area contributed by atoms with Crippen molar-refractivity contribution < 1.29 is 28.5 Å². The molecule has 0 aromatic heterocycles. The second-order valence-corrected chi connectivity index (χ2v) is 6.74. The topological polar surface area (TPSA) is 66.5 Å². The van der Waals surface area contributed by atoms with Crippen molar-refractivity contribution in [2.45, 2.75) is 25.9 Å². The predicted octanol–water partition coefficient (Wildman–Crippen LogP) is 3.85. The molecule has 30 heavy (non-hydrogen) atoms. The number of nitrogens with zero attached hydrogens (tertiary/aromatic N) is 1. The molecule has 1 atom stereocenters. The number of methoxy groups -OCH3 is 4. The van der Waals surface area contributed by atoms with Crippen LogP contribution in [0.25, 0.3) is 0 Å². The van der Waals surface area contributed by atoms with E-state index in [2.05, 4.69) is 4.90 Å². The molecule has 0 spiro atoms. The molecule has 0 bridgehead atoms. The lowest BCUT2D eigenvalue weighted by molar-refractivity contribution is -0.144. The molecule has 7 nitrogen and oxygen atoms in total. The highest BCUT2D eigenvalue weighted by Crippen LogP contribution is 2.34. The van der Waals surface area contributed by atoms with Crippen molar-refractivity contribution in [1.29, 1.82) is 0 Å². The predicted molar refractivity (Wildman–Crippen MR) is 115 cm³/mol. The fraction of sp³-hybridized carbons (Fsp3) is 0.435. The van der Waals surface area contributed by atoms with Gasteiger partial charge in [-0.15, -0.1) is 0 Å². The van der Waals surface area contributed by atoms with E-state index in [-0.39, 0.29) is 18.4 Å². The van der Waals surface area contributed by atoms with Crippen molar-refractivity contribution in [1.82, 2.24) is 4.90 Å². The van der Waals surface area contributed by atoms with Crippen molar-refractivity contribution in [2.24, 2.45) is 0 Å². The van der Waals surface area contributed by atoms with Crippen LogP contribution in [0.3, 0.4) is 0 Å². The zero-order valence-electron chi connectivity index (χ0n) is 18.6. The van der Waals surface area contributed by atoms with Crippen LogP contribution in [0.4, 0.5) is 0 Å². The third kappa shape index (κ3) is 5.79. The van der Waals surface area contributed by atoms with Gasteiger partial charge < -0.3 is 23.7 Å². The average Bonchev–Trinajstić information content (AvgIpc) is 2.76. The van der Waals surface area contributed by atoms with E-state index in [9.17, 15) is 4.79 Å². The summed E-state index contributed by atoms with van der Waals surface area (Å²) in [7, 11) is 8.37. The standard InChI is InChI=1S/C23H31NO6/c1-7-30-23(25)14-18(17-9-11-20(27-4)22(13-17)29-6)24(2)15-16-8-10-19(26-3)21(12-16)28-5/h8-13,18H,7,14-15H2,1-6H3. The molecule has 1 unspecified atom stereocenters. The summed E-state index contributed by atoms with van der Waals surface area (Å²) in [5, 5.41) is 0. The van der Waals surface area contributed by atoms with Crippen LogP contribution in [-0.2, 0) is 16.1 Å². The summed E-state index contributed by atoms with van der Waals surface area (Å²) in [5.74, 6) is 2.34. The van der Waals surface area contributed by atoms with Crippen LogP contribution in [-0.4, -0.2) is 53.0 Å². The molecule has 2 aromatic rings. The Balaban J connectivity index is 2.33. The highest BCUT2D eigenvalue weighted by atomic mass is 16.5. The molecule has 0 radical (unpaired) electrons. The van der Waals surface area contributed by atoms with Gasteiger partial charge in [-0.3, -0.25) is 9.69 Å². The number of hydrogen-bond acceptors (Lipinski definition) is 7. The summed E-state index contributed by atoms with van der Waals surface area (Å²) < 4.78 is 26.7. The summed E-state index contributed by atoms with van der Waals surface area (Å²) >= 11 is 0. The lowest BCUT2D eigenvalue weighted by Crippen LogP contribution is -2.27. The van der Waals surface area contributed by atoms with Crippen LogP contribution >= 0.6 is 0 Å². The maximum atomic E-state index is 12.3. The molecule has 0 N–H and O–H groups in total. The molecule has 0 saturated carbocycles. The van der Waals surface area contributed by atoms with Gasteiger partial charge in [0.25, 0.3) is 0 Å². The number of hydrogen-bond donors (Lipinski definition) is 0. The SMILES string of the molecule is CCOC(=O)CC(c1ccc(OC)c(OC)c1)N(C)Cc1ccc(OC)c(OC)c1. The van der Waals surface area contributed by atoms with Gasteiger partial charge >= 0.3 is 5.97 Å². The fourth-order valence-corrected chi connectivity index (χ4v) is 3.34. The minimum atomic E-state index is -0.253. The van der Waals surface area contributed by atoms with E-state index in [0.29, 0.717) is 36.1 Å². The quantitative estimate of drug-likeness (QED) is 0.515. The second kappa shape index (κ2) is 11.3. The van der Waals surface area contributed by atoms with Crippen molar-refractivity contribution >= 4 is 5.97 Å². The highest BCUT2D eigenvalue weighted by Gasteiger charge is 2.23. The molecule has 0 saturated heterocycles. The largest absolute Gasteiger partial charge is 0.493 e. The Kier molecular flexibility index (Phi) is 8.80. The molecule has 0 aliphatic carbocycles. The van der Waals surface area contributed by atoms with E-state index in [1.54, 1.807) is 35.4 Å². The molecular formula is C23H31NO6. The van der Waals surface area contributed by atoms with Crippen molar-refractivity contribution in [3.05, 3.63) is 47.5 Å². The first-order valence-electron chi connectivity index (χ1n) is 9.76. The molecule has 2 rings (SSSR count). The number of carbonyl (C=O) groups is 1. The van der Waals surface area contributed by atoms with Crippen LogP contribution in [0.1, 0.15) is 30.5 Å². The zero-order chi connectivity index (χ0) is 22.1. The number of esters is 1. The molecule has 0 aliphatic rings. The van der Waals surface area contributed by atoms with Crippen LogP contribution in [0.2, 0.25) is 0 Å². The van der Waals surface area contributed by atoms with Gasteiger partial charge in [-0.1, -0.05) is 12.1 Å². The molecular weight excluding hydrogens is 386 g/mol. The molecule has 2 aromatic carbocycles. The Morgan fingerprint density at radius 3 is 2.00 bits per heavy atom. The summed E-state index contributed by atoms with van der Waals surface area (Å²) in [4.78, 5) is 14.4. The van der Waals surface area contributed by atoms with E-state index in [1.807, 2.05) is 43.4 Å². The maximum Gasteiger partial charge on any atom is 0.307 e. The van der Waals surface area contributed by atoms with Crippen LogP contribution in [0, 0.1) is 0 Å². The lowest BCUT2D eigenvalue weighted by atomic mass is 10.0.